The third-order valence-corrected chi connectivity index (χ3v) is 5.91. The van der Waals surface area contributed by atoms with E-state index in [1.165, 1.54) is 27.2 Å². The van der Waals surface area contributed by atoms with Crippen molar-refractivity contribution in [1.82, 2.24) is 19.7 Å². The predicted octanol–water partition coefficient (Wildman–Crippen LogP) is 4.32. The highest BCUT2D eigenvalue weighted by Crippen LogP contribution is 2.30. The number of halogens is 2. The second-order valence-corrected chi connectivity index (χ2v) is 8.83. The fraction of sp³-hybridized carbons (Fsp3) is 0.263. The zero-order valence-electron chi connectivity index (χ0n) is 16.3. The van der Waals surface area contributed by atoms with Crippen LogP contribution in [0.5, 0.6) is 0 Å². The summed E-state index contributed by atoms with van der Waals surface area (Å²) in [5.41, 5.74) is 1.42. The molecule has 0 saturated carbocycles. The highest BCUT2D eigenvalue weighted by Gasteiger charge is 2.27. The lowest BCUT2D eigenvalue weighted by Gasteiger charge is -2.19. The lowest BCUT2D eigenvalue weighted by molar-refractivity contribution is 0.0780. The molecule has 1 N–H and O–H groups in total. The minimum Gasteiger partial charge on any atom is -0.337 e. The summed E-state index contributed by atoms with van der Waals surface area (Å²) in [6.07, 6.45) is 1.48. The summed E-state index contributed by atoms with van der Waals surface area (Å²) in [6, 6.07) is 5.10. The Bertz CT molecular complexity index is 1090. The summed E-state index contributed by atoms with van der Waals surface area (Å²) in [4.78, 5) is 33.1. The number of aryl methyl sites for hydroxylation is 3. The van der Waals surface area contributed by atoms with Gasteiger partial charge in [0.15, 0.2) is 0 Å². The average Bonchev–Trinajstić information content (AvgIpc) is 3.19. The average molecular weight is 452 g/mol. The number of hydrogen-bond acceptors (Lipinski definition) is 5. The molecule has 0 aliphatic carbocycles. The molecule has 2 heterocycles. The van der Waals surface area contributed by atoms with Crippen molar-refractivity contribution in [3.05, 3.63) is 61.0 Å². The topological polar surface area (TPSA) is 80.1 Å². The lowest BCUT2D eigenvalue weighted by atomic mass is 10.1. The fourth-order valence-electron chi connectivity index (χ4n) is 2.96. The van der Waals surface area contributed by atoms with Crippen molar-refractivity contribution < 1.29 is 9.59 Å². The molecule has 0 radical (unpaired) electrons. The normalized spacial score (nSPS) is 10.8. The van der Waals surface area contributed by atoms with Crippen LogP contribution in [-0.4, -0.2) is 38.5 Å². The van der Waals surface area contributed by atoms with E-state index in [2.05, 4.69) is 15.4 Å². The van der Waals surface area contributed by atoms with Gasteiger partial charge >= 0.3 is 0 Å². The first-order valence-electron chi connectivity index (χ1n) is 8.63. The third-order valence-electron chi connectivity index (χ3n) is 4.29. The number of amides is 2. The van der Waals surface area contributed by atoms with Crippen LogP contribution in [0.3, 0.4) is 0 Å². The van der Waals surface area contributed by atoms with Gasteiger partial charge in [-0.3, -0.25) is 19.6 Å². The van der Waals surface area contributed by atoms with E-state index < -0.39 is 5.91 Å². The number of hydrogen-bond donors (Lipinski definition) is 1. The summed E-state index contributed by atoms with van der Waals surface area (Å²) in [6.45, 7) is 3.89. The number of thiophene rings is 1. The van der Waals surface area contributed by atoms with Gasteiger partial charge in [0.05, 0.1) is 11.1 Å². The van der Waals surface area contributed by atoms with Gasteiger partial charge in [-0.05, 0) is 37.6 Å². The molecule has 1 aromatic carbocycles. The molecule has 152 valence electrons. The predicted molar refractivity (Wildman–Crippen MR) is 115 cm³/mol. The van der Waals surface area contributed by atoms with Crippen LogP contribution in [0.1, 0.15) is 36.0 Å². The lowest BCUT2D eigenvalue weighted by Crippen LogP contribution is -2.29. The molecule has 0 atom stereocenters. The Balaban J connectivity index is 1.88. The van der Waals surface area contributed by atoms with E-state index in [0.717, 1.165) is 15.3 Å². The Labute approximate surface area is 182 Å². The zero-order chi connectivity index (χ0) is 21.3. The van der Waals surface area contributed by atoms with E-state index in [1.54, 1.807) is 32.3 Å². The first-order valence-corrected chi connectivity index (χ1v) is 10.2. The number of benzene rings is 1. The van der Waals surface area contributed by atoms with Crippen LogP contribution in [0, 0.1) is 13.8 Å². The van der Waals surface area contributed by atoms with Crippen molar-refractivity contribution >= 4 is 52.3 Å². The molecule has 0 unspecified atom stereocenters. The fourth-order valence-corrected chi connectivity index (χ4v) is 4.38. The molecule has 2 amide bonds. The number of nitrogens with zero attached hydrogens (tertiary/aromatic N) is 4. The van der Waals surface area contributed by atoms with Crippen LogP contribution >= 0.6 is 34.5 Å². The van der Waals surface area contributed by atoms with E-state index in [4.69, 9.17) is 23.2 Å². The Morgan fingerprint density at radius 3 is 2.55 bits per heavy atom. The molecule has 3 rings (SSSR count). The summed E-state index contributed by atoms with van der Waals surface area (Å²) in [5, 5.41) is 7.76. The molecule has 0 bridgehead atoms. The maximum atomic E-state index is 13.2. The summed E-state index contributed by atoms with van der Waals surface area (Å²) >= 11 is 13.7. The summed E-state index contributed by atoms with van der Waals surface area (Å²) in [7, 11) is 3.36. The van der Waals surface area contributed by atoms with Crippen LogP contribution in [0.4, 0.5) is 5.95 Å². The monoisotopic (exact) mass is 451 g/mol. The molecule has 10 heteroatoms. The molecular weight excluding hydrogens is 433 g/mol. The van der Waals surface area contributed by atoms with Crippen molar-refractivity contribution in [3.8, 4) is 0 Å². The van der Waals surface area contributed by atoms with Gasteiger partial charge in [0, 0.05) is 40.4 Å². The second kappa shape index (κ2) is 8.52. The smallest absolute Gasteiger partial charge is 0.260 e. The molecular formula is C19H19Cl2N5O2S. The van der Waals surface area contributed by atoms with Gasteiger partial charge < -0.3 is 4.90 Å². The molecule has 0 saturated heterocycles. The van der Waals surface area contributed by atoms with Crippen LogP contribution < -0.4 is 5.32 Å². The van der Waals surface area contributed by atoms with Crippen LogP contribution in [0.25, 0.3) is 0 Å². The van der Waals surface area contributed by atoms with E-state index in [0.29, 0.717) is 21.2 Å². The Morgan fingerprint density at radius 1 is 1.21 bits per heavy atom. The summed E-state index contributed by atoms with van der Waals surface area (Å²) in [5.74, 6) is -0.518. The Kier molecular flexibility index (Phi) is 6.26. The number of nitrogens with one attached hydrogen (secondary N) is 1. The quantitative estimate of drug-likeness (QED) is 0.625. The molecule has 0 spiro atoms. The van der Waals surface area contributed by atoms with Gasteiger partial charge in [0.2, 0.25) is 5.95 Å². The zero-order valence-corrected chi connectivity index (χ0v) is 18.6. The number of carbonyl (C=O) groups excluding carboxylic acids is 2. The van der Waals surface area contributed by atoms with Crippen molar-refractivity contribution in [2.75, 3.05) is 12.4 Å². The Morgan fingerprint density at radius 2 is 1.90 bits per heavy atom. The minimum absolute atomic E-state index is 0.179. The van der Waals surface area contributed by atoms with Gasteiger partial charge in [-0.15, -0.1) is 16.4 Å². The van der Waals surface area contributed by atoms with Crippen molar-refractivity contribution in [2.45, 2.75) is 20.4 Å². The van der Waals surface area contributed by atoms with Gasteiger partial charge in [-0.25, -0.2) is 4.98 Å². The molecule has 0 aliphatic rings. The van der Waals surface area contributed by atoms with Gasteiger partial charge in [0.25, 0.3) is 11.8 Å². The van der Waals surface area contributed by atoms with Crippen LogP contribution in [-0.2, 0) is 13.6 Å². The molecule has 29 heavy (non-hydrogen) atoms. The molecule has 0 fully saturated rings. The van der Waals surface area contributed by atoms with E-state index in [-0.39, 0.29) is 18.4 Å². The SMILES string of the molecule is Cc1sc(C)c(C(=O)N(C)Cc2cc(Cl)ccc2Cl)c1C(=O)Nc1ncn(C)n1. The maximum absolute atomic E-state index is 13.2. The second-order valence-electron chi connectivity index (χ2n) is 6.56. The number of carbonyl (C=O) groups is 2. The van der Waals surface area contributed by atoms with Crippen LogP contribution in [0.2, 0.25) is 10.0 Å². The molecule has 0 aliphatic heterocycles. The van der Waals surface area contributed by atoms with Crippen molar-refractivity contribution in [3.63, 3.8) is 0 Å². The minimum atomic E-state index is -0.421. The third kappa shape index (κ3) is 4.60. The van der Waals surface area contributed by atoms with Crippen LogP contribution in [0.15, 0.2) is 24.5 Å². The first-order chi connectivity index (χ1) is 13.7. The highest BCUT2D eigenvalue weighted by atomic mass is 35.5. The molecule has 7 nitrogen and oxygen atoms in total. The van der Waals surface area contributed by atoms with Crippen molar-refractivity contribution in [2.24, 2.45) is 7.05 Å². The number of rotatable bonds is 5. The van der Waals surface area contributed by atoms with E-state index in [9.17, 15) is 9.59 Å². The van der Waals surface area contributed by atoms with Gasteiger partial charge in [0.1, 0.15) is 6.33 Å². The summed E-state index contributed by atoms with van der Waals surface area (Å²) < 4.78 is 1.48. The Hall–Kier alpha value is -2.42. The van der Waals surface area contributed by atoms with E-state index >= 15 is 0 Å². The highest BCUT2D eigenvalue weighted by molar-refractivity contribution is 7.12. The first kappa shape index (κ1) is 21.3. The van der Waals surface area contributed by atoms with E-state index in [1.807, 2.05) is 13.8 Å². The standard InChI is InChI=1S/C19H19Cl2N5O2S/c1-10-15(17(27)23-19-22-9-26(4)24-19)16(11(2)29-10)18(28)25(3)8-12-7-13(20)5-6-14(12)21/h5-7,9H,8H2,1-4H3,(H,23,24,27). The molecule has 3 aromatic rings. The largest absolute Gasteiger partial charge is 0.337 e. The molecule has 2 aromatic heterocycles. The van der Waals surface area contributed by atoms with Crippen molar-refractivity contribution in [1.29, 1.82) is 0 Å². The van der Waals surface area contributed by atoms with Gasteiger partial charge in [-0.1, -0.05) is 23.2 Å². The number of aromatic nitrogens is 3. The maximum Gasteiger partial charge on any atom is 0.260 e. The number of anilines is 1. The van der Waals surface area contributed by atoms with Gasteiger partial charge in [-0.2, -0.15) is 0 Å².